The minimum absolute atomic E-state index is 0.387. The molecule has 0 aliphatic carbocycles. The summed E-state index contributed by atoms with van der Waals surface area (Å²) in [5.74, 6) is 0.811. The molecule has 148 valence electrons. The van der Waals surface area contributed by atoms with Gasteiger partial charge in [-0.15, -0.1) is 0 Å². The molecule has 0 radical (unpaired) electrons. The van der Waals surface area contributed by atoms with Crippen molar-refractivity contribution in [1.82, 2.24) is 0 Å². The number of carbonyl (C=O) groups is 2. The lowest BCUT2D eigenvalue weighted by Gasteiger charge is -2.09. The summed E-state index contributed by atoms with van der Waals surface area (Å²) in [6.45, 7) is 1.98. The van der Waals surface area contributed by atoms with E-state index in [-0.39, 0.29) is 6.61 Å². The molecule has 0 aliphatic rings. The number of methoxy groups -OCH3 is 2. The molecule has 7 heteroatoms. The van der Waals surface area contributed by atoms with Crippen LogP contribution in [0.3, 0.4) is 0 Å². The highest BCUT2D eigenvalue weighted by atomic mass is 16.5. The van der Waals surface area contributed by atoms with Gasteiger partial charge in [0.2, 0.25) is 0 Å². The third-order valence-corrected chi connectivity index (χ3v) is 3.62. The Labute approximate surface area is 163 Å². The maximum Gasteiger partial charge on any atom is 0.331 e. The Morgan fingerprint density at radius 3 is 2.39 bits per heavy atom. The number of carbonyl (C=O) groups excluding carboxylic acids is 2. The molecule has 2 aromatic rings. The first kappa shape index (κ1) is 20.8. The quantitative estimate of drug-likeness (QED) is 0.527. The highest BCUT2D eigenvalue weighted by Gasteiger charge is 2.07. The standard InChI is InChI=1S/C21H23NO6/c1-4-27-19-13-15(5-11-18(19)26-3)6-12-21(24)28-14-20(23)22-16-7-9-17(25-2)10-8-16/h5-13H,4,14H2,1-3H3,(H,22,23)/b12-6+. The number of hydrogen-bond donors (Lipinski definition) is 1. The number of nitrogens with one attached hydrogen (secondary N) is 1. The van der Waals surface area contributed by atoms with E-state index in [1.54, 1.807) is 62.8 Å². The van der Waals surface area contributed by atoms with Crippen molar-refractivity contribution in [3.05, 3.63) is 54.1 Å². The van der Waals surface area contributed by atoms with Crippen molar-refractivity contribution in [3.63, 3.8) is 0 Å². The molecule has 7 nitrogen and oxygen atoms in total. The van der Waals surface area contributed by atoms with Gasteiger partial charge in [-0.25, -0.2) is 4.79 Å². The molecule has 0 fully saturated rings. The number of esters is 1. The van der Waals surface area contributed by atoms with E-state index in [4.69, 9.17) is 18.9 Å². The van der Waals surface area contributed by atoms with E-state index in [0.717, 1.165) is 5.56 Å². The molecule has 0 saturated carbocycles. The summed E-state index contributed by atoms with van der Waals surface area (Å²) < 4.78 is 20.7. The third kappa shape index (κ3) is 6.35. The predicted octanol–water partition coefficient (Wildman–Crippen LogP) is 3.30. The molecular weight excluding hydrogens is 362 g/mol. The zero-order valence-electron chi connectivity index (χ0n) is 16.1. The van der Waals surface area contributed by atoms with Gasteiger partial charge in [0, 0.05) is 11.8 Å². The third-order valence-electron chi connectivity index (χ3n) is 3.62. The molecule has 0 bridgehead atoms. The Bertz CT molecular complexity index is 829. The molecule has 0 atom stereocenters. The van der Waals surface area contributed by atoms with Crippen molar-refractivity contribution in [1.29, 1.82) is 0 Å². The second kappa shape index (κ2) is 10.6. The molecule has 0 aromatic heterocycles. The lowest BCUT2D eigenvalue weighted by atomic mass is 10.2. The fraction of sp³-hybridized carbons (Fsp3) is 0.238. The Morgan fingerprint density at radius 2 is 1.75 bits per heavy atom. The van der Waals surface area contributed by atoms with Gasteiger partial charge in [-0.05, 0) is 55.0 Å². The summed E-state index contributed by atoms with van der Waals surface area (Å²) in [6, 6.07) is 12.1. The number of hydrogen-bond acceptors (Lipinski definition) is 6. The minimum atomic E-state index is -0.626. The van der Waals surface area contributed by atoms with E-state index in [1.165, 1.54) is 6.08 Å². The molecule has 0 saturated heterocycles. The monoisotopic (exact) mass is 385 g/mol. The van der Waals surface area contributed by atoms with Crippen LogP contribution in [-0.4, -0.2) is 39.3 Å². The van der Waals surface area contributed by atoms with Crippen molar-refractivity contribution in [3.8, 4) is 17.2 Å². The Kier molecular flexibility index (Phi) is 7.90. The van der Waals surface area contributed by atoms with Gasteiger partial charge in [0.05, 0.1) is 20.8 Å². The lowest BCUT2D eigenvalue weighted by Crippen LogP contribution is -2.20. The fourth-order valence-corrected chi connectivity index (χ4v) is 2.29. The molecule has 0 unspecified atom stereocenters. The number of benzene rings is 2. The molecule has 0 spiro atoms. The summed E-state index contributed by atoms with van der Waals surface area (Å²) in [5, 5.41) is 2.63. The van der Waals surface area contributed by atoms with Gasteiger partial charge in [-0.3, -0.25) is 4.79 Å². The Morgan fingerprint density at radius 1 is 1.00 bits per heavy atom. The average Bonchev–Trinajstić information content (AvgIpc) is 2.71. The van der Waals surface area contributed by atoms with Gasteiger partial charge >= 0.3 is 5.97 Å². The normalized spacial score (nSPS) is 10.4. The number of amides is 1. The van der Waals surface area contributed by atoms with E-state index in [2.05, 4.69) is 5.32 Å². The Balaban J connectivity index is 1.85. The summed E-state index contributed by atoms with van der Waals surface area (Å²) in [6.07, 6.45) is 2.82. The van der Waals surface area contributed by atoms with Crippen molar-refractivity contribution in [2.45, 2.75) is 6.92 Å². The van der Waals surface area contributed by atoms with Crippen molar-refractivity contribution < 1.29 is 28.5 Å². The topological polar surface area (TPSA) is 83.1 Å². The van der Waals surface area contributed by atoms with E-state index in [0.29, 0.717) is 29.5 Å². The van der Waals surface area contributed by atoms with Crippen LogP contribution in [0.4, 0.5) is 5.69 Å². The molecule has 2 rings (SSSR count). The van der Waals surface area contributed by atoms with Crippen molar-refractivity contribution in [2.75, 3.05) is 32.8 Å². The second-order valence-electron chi connectivity index (χ2n) is 5.56. The van der Waals surface area contributed by atoms with Gasteiger partial charge < -0.3 is 24.3 Å². The van der Waals surface area contributed by atoms with Gasteiger partial charge in [0.15, 0.2) is 18.1 Å². The SMILES string of the molecule is CCOc1cc(/C=C/C(=O)OCC(=O)Nc2ccc(OC)cc2)ccc1OC. The second-order valence-corrected chi connectivity index (χ2v) is 5.56. The lowest BCUT2D eigenvalue weighted by molar-refractivity contribution is -0.142. The summed E-state index contributed by atoms with van der Waals surface area (Å²) >= 11 is 0. The van der Waals surface area contributed by atoms with Crippen LogP contribution in [0.1, 0.15) is 12.5 Å². The van der Waals surface area contributed by atoms with Crippen LogP contribution in [0.2, 0.25) is 0 Å². The van der Waals surface area contributed by atoms with E-state index in [1.807, 2.05) is 6.92 Å². The molecular formula is C21H23NO6. The van der Waals surface area contributed by atoms with Gasteiger partial charge in [-0.2, -0.15) is 0 Å². The molecule has 0 aliphatic heterocycles. The highest BCUT2D eigenvalue weighted by Crippen LogP contribution is 2.28. The van der Waals surface area contributed by atoms with Crippen LogP contribution in [0, 0.1) is 0 Å². The van der Waals surface area contributed by atoms with E-state index >= 15 is 0 Å². The molecule has 1 amide bonds. The first-order valence-electron chi connectivity index (χ1n) is 8.65. The minimum Gasteiger partial charge on any atom is -0.497 e. The fourth-order valence-electron chi connectivity index (χ4n) is 2.29. The van der Waals surface area contributed by atoms with Crippen LogP contribution < -0.4 is 19.5 Å². The number of rotatable bonds is 9. The smallest absolute Gasteiger partial charge is 0.331 e. The molecule has 28 heavy (non-hydrogen) atoms. The summed E-state index contributed by atoms with van der Waals surface area (Å²) in [4.78, 5) is 23.7. The highest BCUT2D eigenvalue weighted by molar-refractivity contribution is 5.94. The summed E-state index contributed by atoms with van der Waals surface area (Å²) in [5.41, 5.74) is 1.32. The van der Waals surface area contributed by atoms with Crippen LogP contribution in [0.15, 0.2) is 48.5 Å². The van der Waals surface area contributed by atoms with Crippen molar-refractivity contribution in [2.24, 2.45) is 0 Å². The van der Waals surface area contributed by atoms with Gasteiger partial charge in [0.1, 0.15) is 5.75 Å². The van der Waals surface area contributed by atoms with Gasteiger partial charge in [0.25, 0.3) is 5.91 Å². The van der Waals surface area contributed by atoms with E-state index in [9.17, 15) is 9.59 Å². The maximum absolute atomic E-state index is 11.9. The molecule has 1 N–H and O–H groups in total. The first-order valence-corrected chi connectivity index (χ1v) is 8.65. The van der Waals surface area contributed by atoms with Crippen LogP contribution in [0.5, 0.6) is 17.2 Å². The first-order chi connectivity index (χ1) is 13.5. The predicted molar refractivity (Wildman–Crippen MR) is 106 cm³/mol. The number of ether oxygens (including phenoxy) is 4. The molecule has 0 heterocycles. The van der Waals surface area contributed by atoms with Crippen molar-refractivity contribution >= 4 is 23.6 Å². The van der Waals surface area contributed by atoms with Crippen LogP contribution in [0.25, 0.3) is 6.08 Å². The van der Waals surface area contributed by atoms with Crippen LogP contribution >= 0.6 is 0 Å². The maximum atomic E-state index is 11.9. The average molecular weight is 385 g/mol. The van der Waals surface area contributed by atoms with E-state index < -0.39 is 11.9 Å². The number of anilines is 1. The largest absolute Gasteiger partial charge is 0.497 e. The summed E-state index contributed by atoms with van der Waals surface area (Å²) in [7, 11) is 3.12. The molecule has 2 aromatic carbocycles. The zero-order valence-corrected chi connectivity index (χ0v) is 16.1. The zero-order chi connectivity index (χ0) is 20.4. The Hall–Kier alpha value is -3.48. The van der Waals surface area contributed by atoms with Gasteiger partial charge in [-0.1, -0.05) is 6.07 Å². The van der Waals surface area contributed by atoms with Crippen LogP contribution in [-0.2, 0) is 14.3 Å².